The van der Waals surface area contributed by atoms with Crippen molar-refractivity contribution >= 4 is 75.9 Å². The van der Waals surface area contributed by atoms with E-state index in [1.54, 1.807) is 0 Å². The average Bonchev–Trinajstić information content (AvgIpc) is 4.12. The van der Waals surface area contributed by atoms with Crippen LogP contribution in [0.5, 0.6) is 0 Å². The monoisotopic (exact) mass is 900 g/mol. The summed E-state index contributed by atoms with van der Waals surface area (Å²) in [5, 5.41) is 12.6. The fraction of sp³-hybridized carbons (Fsp3) is 0.0435. The van der Waals surface area contributed by atoms with Gasteiger partial charge in [0.1, 0.15) is 0 Å². The van der Waals surface area contributed by atoms with Gasteiger partial charge in [-0.25, -0.2) is 0 Å². The molecule has 14 aromatic rings. The zero-order valence-corrected chi connectivity index (χ0v) is 39.3. The van der Waals surface area contributed by atoms with Gasteiger partial charge >= 0.3 is 0 Å². The normalized spacial score (nSPS) is 13.3. The molecule has 2 aliphatic carbocycles. The van der Waals surface area contributed by atoms with E-state index >= 15 is 0 Å². The highest BCUT2D eigenvalue weighted by Crippen LogP contribution is 2.66. The average molecular weight is 901 g/mol. The van der Waals surface area contributed by atoms with Crippen LogP contribution in [0.1, 0.15) is 22.3 Å². The molecule has 2 aromatic heterocycles. The third-order valence-electron chi connectivity index (χ3n) is 16.7. The molecule has 2 heterocycles. The molecular formula is C69H44N2. The summed E-state index contributed by atoms with van der Waals surface area (Å²) in [4.78, 5) is 0. The molecule has 0 N–H and O–H groups in total. The fourth-order valence-corrected chi connectivity index (χ4v) is 14.0. The van der Waals surface area contributed by atoms with Crippen molar-refractivity contribution in [3.63, 3.8) is 0 Å². The van der Waals surface area contributed by atoms with E-state index < -0.39 is 5.41 Å². The van der Waals surface area contributed by atoms with Crippen LogP contribution in [-0.4, -0.2) is 9.13 Å². The van der Waals surface area contributed by atoms with Crippen molar-refractivity contribution in [2.45, 2.75) is 5.41 Å². The largest absolute Gasteiger partial charge is 0.344 e. The smallest absolute Gasteiger partial charge is 0.0731 e. The third kappa shape index (κ3) is 4.87. The van der Waals surface area contributed by atoms with Gasteiger partial charge < -0.3 is 9.13 Å². The Labute approximate surface area is 410 Å². The number of rotatable bonds is 3. The van der Waals surface area contributed by atoms with Gasteiger partial charge in [-0.1, -0.05) is 194 Å². The minimum atomic E-state index is -0.564. The van der Waals surface area contributed by atoms with Crippen molar-refractivity contribution in [3.05, 3.63) is 253 Å². The van der Waals surface area contributed by atoms with Crippen LogP contribution in [0.2, 0.25) is 0 Å². The van der Waals surface area contributed by atoms with Gasteiger partial charge in [0.05, 0.1) is 5.41 Å². The number of fused-ring (bicyclic) bond motifs is 20. The summed E-state index contributed by atoms with van der Waals surface area (Å²) in [7, 11) is 4.41. The molecule has 330 valence electrons. The molecular weight excluding hydrogens is 857 g/mol. The second-order valence-corrected chi connectivity index (χ2v) is 19.9. The van der Waals surface area contributed by atoms with Crippen LogP contribution >= 0.6 is 0 Å². The Bertz CT molecular complexity index is 4450. The summed E-state index contributed by atoms with van der Waals surface area (Å²) in [5.41, 5.74) is 22.5. The predicted molar refractivity (Wildman–Crippen MR) is 300 cm³/mol. The van der Waals surface area contributed by atoms with Gasteiger partial charge in [-0.2, -0.15) is 0 Å². The lowest BCUT2D eigenvalue weighted by Gasteiger charge is -2.33. The first-order chi connectivity index (χ1) is 35.1. The van der Waals surface area contributed by atoms with Crippen molar-refractivity contribution in [1.29, 1.82) is 0 Å². The van der Waals surface area contributed by atoms with Crippen LogP contribution in [-0.2, 0) is 19.5 Å². The van der Waals surface area contributed by atoms with Crippen molar-refractivity contribution < 1.29 is 0 Å². The summed E-state index contributed by atoms with van der Waals surface area (Å²) in [5.74, 6) is 0. The maximum absolute atomic E-state index is 2.55. The van der Waals surface area contributed by atoms with E-state index in [1.165, 1.54) is 154 Å². The van der Waals surface area contributed by atoms with Crippen LogP contribution in [0.15, 0.2) is 231 Å². The lowest BCUT2D eigenvalue weighted by molar-refractivity contribution is 0.796. The summed E-state index contributed by atoms with van der Waals surface area (Å²) in [6, 6.07) is 87.6. The molecule has 0 fully saturated rings. The van der Waals surface area contributed by atoms with Crippen LogP contribution in [0.4, 0.5) is 0 Å². The second-order valence-electron chi connectivity index (χ2n) is 19.9. The highest BCUT2D eigenvalue weighted by atomic mass is 14.9. The summed E-state index contributed by atoms with van der Waals surface area (Å²) in [6.07, 6.45) is 0. The SMILES string of the molecule is Cn1c2ccccc2c2c(-c3cccc4c(-c5cc6ccccc6c6c5C5(c7ccccc7-c7ccccc75)c5ccccc5-6)c5cccc(-c6cccc7c6c6ccccc6n7C)c5cc34)cccc21. The molecule has 0 atom stereocenters. The predicted octanol–water partition coefficient (Wildman–Crippen LogP) is 17.8. The van der Waals surface area contributed by atoms with Gasteiger partial charge in [0.25, 0.3) is 0 Å². The van der Waals surface area contributed by atoms with Crippen LogP contribution < -0.4 is 0 Å². The van der Waals surface area contributed by atoms with Crippen molar-refractivity contribution in [2.24, 2.45) is 14.1 Å². The Hall–Kier alpha value is -8.98. The van der Waals surface area contributed by atoms with Crippen LogP contribution in [0, 0.1) is 0 Å². The lowest BCUT2D eigenvalue weighted by Crippen LogP contribution is -2.26. The Kier molecular flexibility index (Phi) is 7.71. The lowest BCUT2D eigenvalue weighted by atomic mass is 9.68. The number of benzene rings is 12. The zero-order chi connectivity index (χ0) is 46.7. The second kappa shape index (κ2) is 14.1. The van der Waals surface area contributed by atoms with Gasteiger partial charge in [-0.3, -0.25) is 0 Å². The minimum Gasteiger partial charge on any atom is -0.344 e. The number of hydrogen-bond acceptors (Lipinski definition) is 0. The molecule has 0 bridgehead atoms. The van der Waals surface area contributed by atoms with Gasteiger partial charge in [0.2, 0.25) is 0 Å². The van der Waals surface area contributed by atoms with Gasteiger partial charge in [-0.15, -0.1) is 0 Å². The number of aromatic nitrogens is 2. The van der Waals surface area contributed by atoms with E-state index in [1.807, 2.05) is 0 Å². The highest BCUT2D eigenvalue weighted by molar-refractivity contribution is 6.26. The van der Waals surface area contributed by atoms with Crippen molar-refractivity contribution in [2.75, 3.05) is 0 Å². The van der Waals surface area contributed by atoms with E-state index in [0.29, 0.717) is 0 Å². The van der Waals surface area contributed by atoms with Gasteiger partial charge in [-0.05, 0) is 147 Å². The minimum absolute atomic E-state index is 0.564. The highest BCUT2D eigenvalue weighted by Gasteiger charge is 2.53. The van der Waals surface area contributed by atoms with Crippen LogP contribution in [0.3, 0.4) is 0 Å². The standard InChI is InChI=1S/C69H44N2/c1-70-60-35-13-8-24-52(60)65-47(30-17-37-62(65)70)43-26-15-28-49-54(43)40-55-44(48-31-18-38-63-66(48)53-25-9-14-36-61(53)71(63)2)27-16-29-50(55)64(49)56-39-41-19-3-4-20-42(41)67-51-23-7-12-34-59(51)69(68(56)67)57-32-10-5-21-45(57)46-22-6-11-33-58(46)69/h3-40H,1-2H3. The number of nitrogens with zero attached hydrogens (tertiary/aromatic N) is 2. The molecule has 0 saturated carbocycles. The quantitative estimate of drug-likeness (QED) is 0.156. The molecule has 16 rings (SSSR count). The fourth-order valence-electron chi connectivity index (χ4n) is 14.0. The van der Waals surface area contributed by atoms with E-state index in [4.69, 9.17) is 0 Å². The first-order valence-corrected chi connectivity index (χ1v) is 24.9. The summed E-state index contributed by atoms with van der Waals surface area (Å²) >= 11 is 0. The first kappa shape index (κ1) is 38.9. The molecule has 2 nitrogen and oxygen atoms in total. The summed E-state index contributed by atoms with van der Waals surface area (Å²) in [6.45, 7) is 0. The molecule has 0 aliphatic heterocycles. The Morgan fingerprint density at radius 3 is 1.23 bits per heavy atom. The van der Waals surface area contributed by atoms with E-state index in [9.17, 15) is 0 Å². The molecule has 12 aromatic carbocycles. The first-order valence-electron chi connectivity index (χ1n) is 24.9. The Morgan fingerprint density at radius 1 is 0.268 bits per heavy atom. The molecule has 0 amide bonds. The van der Waals surface area contributed by atoms with E-state index in [-0.39, 0.29) is 0 Å². The van der Waals surface area contributed by atoms with Crippen LogP contribution in [0.25, 0.3) is 132 Å². The maximum Gasteiger partial charge on any atom is 0.0731 e. The molecule has 71 heavy (non-hydrogen) atoms. The number of para-hydroxylation sites is 2. The van der Waals surface area contributed by atoms with Gasteiger partial charge in [0, 0.05) is 57.7 Å². The number of aryl methyl sites for hydroxylation is 2. The maximum atomic E-state index is 2.55. The molecule has 2 aliphatic rings. The molecule has 0 saturated heterocycles. The molecule has 1 spiro atoms. The third-order valence-corrected chi connectivity index (χ3v) is 16.7. The Balaban J connectivity index is 1.13. The topological polar surface area (TPSA) is 9.86 Å². The Morgan fingerprint density at radius 2 is 0.662 bits per heavy atom. The van der Waals surface area contributed by atoms with E-state index in [2.05, 4.69) is 254 Å². The van der Waals surface area contributed by atoms with Crippen molar-refractivity contribution in [3.8, 4) is 55.6 Å². The van der Waals surface area contributed by atoms with E-state index in [0.717, 1.165) is 0 Å². The summed E-state index contributed by atoms with van der Waals surface area (Å²) < 4.78 is 4.71. The van der Waals surface area contributed by atoms with Gasteiger partial charge in [0.15, 0.2) is 0 Å². The zero-order valence-electron chi connectivity index (χ0n) is 39.3. The molecule has 0 radical (unpaired) electrons. The number of hydrogen-bond donors (Lipinski definition) is 0. The molecule has 2 heteroatoms. The molecule has 0 unspecified atom stereocenters. The van der Waals surface area contributed by atoms with Crippen molar-refractivity contribution in [1.82, 2.24) is 9.13 Å².